The second kappa shape index (κ2) is 16.7. The zero-order chi connectivity index (χ0) is 19.3. The fourth-order valence-electron chi connectivity index (χ4n) is 1.40. The quantitative estimate of drug-likeness (QED) is 0.197. The molecule has 0 aliphatic carbocycles. The Morgan fingerprint density at radius 3 is 1.63 bits per heavy atom. The number of Topliss-reactive ketones (excluding diaryl/α,β-unsaturated/α-hetero) is 1. The Bertz CT molecular complexity index is 784. The van der Waals surface area contributed by atoms with Gasteiger partial charge in [0.1, 0.15) is 17.5 Å². The van der Waals surface area contributed by atoms with E-state index in [1.807, 2.05) is 0 Å². The average molecular weight is 540 g/mol. The second-order valence-electron chi connectivity index (χ2n) is 4.53. The molecule has 0 atom stereocenters. The van der Waals surface area contributed by atoms with Crippen LogP contribution in [0.4, 0.5) is 17.6 Å². The number of ketones is 1. The molecular formula is C17H16BBrCl2F4MgN3O. The zero-order valence-electron chi connectivity index (χ0n) is 15.1. The van der Waals surface area contributed by atoms with Crippen LogP contribution in [0.15, 0.2) is 36.7 Å². The fourth-order valence-corrected chi connectivity index (χ4v) is 1.62. The smallest absolute Gasteiger partial charge is 1.00 e. The minimum absolute atomic E-state index is 0. The van der Waals surface area contributed by atoms with Gasteiger partial charge in [-0.05, 0) is 54.4 Å². The molecule has 0 aromatic carbocycles. The molecule has 2 heterocycles. The number of nitrogens with zero attached hydrogens (tertiary/aromatic N) is 3. The molecular weight excluding hydrogens is 524 g/mol. The molecule has 13 heteroatoms. The van der Waals surface area contributed by atoms with Crippen LogP contribution in [-0.4, -0.2) is 47.2 Å². The van der Waals surface area contributed by atoms with E-state index in [2.05, 4.69) is 21.6 Å². The number of pyridine rings is 2. The zero-order valence-corrected chi connectivity index (χ0v) is 19.7. The van der Waals surface area contributed by atoms with Gasteiger partial charge in [0.15, 0.2) is 5.78 Å². The first-order valence-electron chi connectivity index (χ1n) is 6.42. The molecule has 30 heavy (non-hydrogen) atoms. The predicted octanol–water partition coefficient (Wildman–Crippen LogP) is 2.14. The van der Waals surface area contributed by atoms with Crippen LogP contribution in [0, 0.1) is 18.8 Å². The van der Waals surface area contributed by atoms with Crippen molar-refractivity contribution in [2.24, 2.45) is 0 Å². The first kappa shape index (κ1) is 39.5. The van der Waals surface area contributed by atoms with Gasteiger partial charge < -0.3 is 24.4 Å². The molecule has 0 saturated carbocycles. The van der Waals surface area contributed by atoms with Crippen LogP contribution < -0.4 is 17.0 Å². The fraction of sp³-hybridized carbons (Fsp3) is 0.235. The normalized spacial score (nSPS) is 9.27. The van der Waals surface area contributed by atoms with E-state index in [4.69, 9.17) is 16.9 Å². The van der Waals surface area contributed by atoms with E-state index in [0.29, 0.717) is 0 Å². The molecule has 0 aliphatic heterocycles. The third-order valence-electron chi connectivity index (χ3n) is 2.64. The van der Waals surface area contributed by atoms with E-state index in [1.165, 1.54) is 19.1 Å². The van der Waals surface area contributed by atoms with Crippen LogP contribution in [0.25, 0.3) is 0 Å². The number of alkyl halides is 6. The van der Waals surface area contributed by atoms with Crippen LogP contribution >= 0.6 is 23.2 Å². The van der Waals surface area contributed by atoms with Crippen molar-refractivity contribution in [2.45, 2.75) is 25.1 Å². The van der Waals surface area contributed by atoms with Gasteiger partial charge in [-0.25, -0.2) is 0 Å². The van der Waals surface area contributed by atoms with Crippen LogP contribution in [0.5, 0.6) is 0 Å². The van der Waals surface area contributed by atoms with Crippen molar-refractivity contribution in [2.75, 3.05) is 0 Å². The molecule has 0 unspecified atom stereocenters. The Labute approximate surface area is 211 Å². The van der Waals surface area contributed by atoms with Crippen LogP contribution in [-0.2, 0) is 10.8 Å². The van der Waals surface area contributed by atoms with Crippen LogP contribution in [0.1, 0.15) is 41.7 Å². The molecule has 2 rings (SSSR count). The number of nitriles is 1. The molecule has 0 N–H and O–H groups in total. The summed E-state index contributed by atoms with van der Waals surface area (Å²) in [5.41, 5.74) is -0.605. The van der Waals surface area contributed by atoms with E-state index in [1.54, 1.807) is 6.07 Å². The summed E-state index contributed by atoms with van der Waals surface area (Å²) in [6.45, 7) is 1.33. The minimum atomic E-state index is -3.48. The molecule has 0 bridgehead atoms. The molecule has 0 spiro atoms. The monoisotopic (exact) mass is 538 g/mol. The van der Waals surface area contributed by atoms with Gasteiger partial charge in [-0.1, -0.05) is 7.43 Å². The SMILES string of the molecule is C.CC(=O)c1ccc(C(F)(F)Cl)nc1.N#Cc1ccc(C(F)(F)Cl)nc1.[B].[Br-].[CH3-].[Mg+2]. The van der Waals surface area contributed by atoms with Crippen molar-refractivity contribution in [1.82, 2.24) is 9.97 Å². The molecule has 0 amide bonds. The van der Waals surface area contributed by atoms with Crippen molar-refractivity contribution >= 4 is 60.5 Å². The Kier molecular flexibility index (Phi) is 22.0. The van der Waals surface area contributed by atoms with Gasteiger partial charge in [0, 0.05) is 26.4 Å². The van der Waals surface area contributed by atoms with Crippen molar-refractivity contribution in [3.8, 4) is 6.07 Å². The van der Waals surface area contributed by atoms with Gasteiger partial charge in [0.25, 0.3) is 0 Å². The van der Waals surface area contributed by atoms with E-state index in [-0.39, 0.29) is 80.2 Å². The number of rotatable bonds is 3. The molecule has 0 saturated heterocycles. The summed E-state index contributed by atoms with van der Waals surface area (Å²) < 4.78 is 49.4. The van der Waals surface area contributed by atoms with Gasteiger partial charge in [-0.15, -0.1) is 0 Å². The number of hydrogen-bond donors (Lipinski definition) is 0. The van der Waals surface area contributed by atoms with Crippen LogP contribution in [0.3, 0.4) is 0 Å². The van der Waals surface area contributed by atoms with E-state index < -0.39 is 22.2 Å². The number of hydrogen-bond acceptors (Lipinski definition) is 4. The standard InChI is InChI=1S/C8H6ClF2NO.C7H3ClF2N2.CH4.CH3.B.BrH.Mg/c1-5(13)6-2-3-7(12-4-6)8(9,10)11;8-7(9,10)6-2-1-5(3-11)4-12-6;;;;;/h2-4H,1H3;1-2,4H;1H4;1H3;;1H;/q;;;-1;;;+2/p-1. The maximum Gasteiger partial charge on any atom is 2.00 e. The molecule has 4 nitrogen and oxygen atoms in total. The summed E-state index contributed by atoms with van der Waals surface area (Å²) in [5, 5.41) is 1.38. The van der Waals surface area contributed by atoms with Gasteiger partial charge in [-0.2, -0.15) is 22.8 Å². The topological polar surface area (TPSA) is 66.6 Å². The largest absolute Gasteiger partial charge is 2.00 e. The summed E-state index contributed by atoms with van der Waals surface area (Å²) in [6.07, 6.45) is 2.12. The average Bonchev–Trinajstić information content (AvgIpc) is 2.54. The van der Waals surface area contributed by atoms with Gasteiger partial charge in [-0.3, -0.25) is 14.8 Å². The summed E-state index contributed by atoms with van der Waals surface area (Å²) >= 11 is 9.39. The Morgan fingerprint density at radius 2 is 1.40 bits per heavy atom. The van der Waals surface area contributed by atoms with Crippen molar-refractivity contribution in [3.63, 3.8) is 0 Å². The number of halogens is 7. The van der Waals surface area contributed by atoms with E-state index >= 15 is 0 Å². The van der Waals surface area contributed by atoms with Crippen molar-refractivity contribution < 1.29 is 39.3 Å². The summed E-state index contributed by atoms with van der Waals surface area (Å²) in [4.78, 5) is 17.4. The number of carbonyl (C=O) groups excluding carboxylic acids is 1. The first-order valence-corrected chi connectivity index (χ1v) is 7.18. The predicted molar refractivity (Wildman–Crippen MR) is 107 cm³/mol. The van der Waals surface area contributed by atoms with Gasteiger partial charge >= 0.3 is 33.8 Å². The van der Waals surface area contributed by atoms with Gasteiger partial charge in [0.2, 0.25) is 0 Å². The third-order valence-corrected chi connectivity index (χ3v) is 3.03. The molecule has 2 aromatic heterocycles. The summed E-state index contributed by atoms with van der Waals surface area (Å²) in [5.74, 6) is -0.225. The molecule has 2 aromatic rings. The number of carbonyl (C=O) groups is 1. The Morgan fingerprint density at radius 1 is 1.00 bits per heavy atom. The van der Waals surface area contributed by atoms with E-state index in [0.717, 1.165) is 24.5 Å². The van der Waals surface area contributed by atoms with Crippen molar-refractivity contribution in [1.29, 1.82) is 5.26 Å². The molecule has 0 fully saturated rings. The van der Waals surface area contributed by atoms with Crippen LogP contribution in [0.2, 0.25) is 0 Å². The Hall–Kier alpha value is -0.929. The van der Waals surface area contributed by atoms with Gasteiger partial charge in [0.05, 0.1) is 5.56 Å². The minimum Gasteiger partial charge on any atom is -1.00 e. The second-order valence-corrected chi connectivity index (χ2v) is 5.48. The summed E-state index contributed by atoms with van der Waals surface area (Å²) in [7, 11) is 0. The Balaban J connectivity index is -0.000000119. The molecule has 159 valence electrons. The number of aromatic nitrogens is 2. The maximum absolute atomic E-state index is 12.4. The van der Waals surface area contributed by atoms with E-state index in [9.17, 15) is 22.4 Å². The maximum atomic E-state index is 12.4. The van der Waals surface area contributed by atoms with Crippen molar-refractivity contribution in [3.05, 3.63) is 66.6 Å². The first-order chi connectivity index (χ1) is 11.4. The molecule has 0 aliphatic rings. The third kappa shape index (κ3) is 13.4. The molecule has 3 radical (unpaired) electrons. The summed E-state index contributed by atoms with van der Waals surface area (Å²) in [6, 6.07) is 6.31.